The van der Waals surface area contributed by atoms with Gasteiger partial charge in [-0.05, 0) is 72.2 Å². The van der Waals surface area contributed by atoms with Crippen LogP contribution in [0.15, 0.2) is 60.2 Å². The number of fused-ring (bicyclic) bond motifs is 1. The minimum absolute atomic E-state index is 0.0612. The van der Waals surface area contributed by atoms with Gasteiger partial charge in [0.05, 0.1) is 11.0 Å². The summed E-state index contributed by atoms with van der Waals surface area (Å²) >= 11 is 0. The van der Waals surface area contributed by atoms with E-state index in [-0.39, 0.29) is 17.6 Å². The molecule has 2 aliphatic heterocycles. The number of ether oxygens (including phenoxy) is 1. The summed E-state index contributed by atoms with van der Waals surface area (Å²) in [7, 11) is 0. The highest BCUT2D eigenvalue weighted by molar-refractivity contribution is 6.08. The zero-order valence-electron chi connectivity index (χ0n) is 20.1. The molecule has 3 aromatic rings. The van der Waals surface area contributed by atoms with Crippen molar-refractivity contribution in [3.8, 4) is 11.5 Å². The van der Waals surface area contributed by atoms with Crippen molar-refractivity contribution in [3.05, 3.63) is 76.9 Å². The molecule has 2 saturated carbocycles. The maximum atomic E-state index is 14.1. The minimum atomic E-state index is -1.14. The maximum absolute atomic E-state index is 14.1. The molecule has 1 spiro atoms. The van der Waals surface area contributed by atoms with Crippen LogP contribution in [0.5, 0.6) is 11.5 Å². The fourth-order valence-electron chi connectivity index (χ4n) is 7.87. The zero-order valence-corrected chi connectivity index (χ0v) is 20.1. The summed E-state index contributed by atoms with van der Waals surface area (Å²) in [5, 5.41) is 25.7. The Bertz CT molecular complexity index is 1480. The molecule has 3 fully saturated rings. The lowest BCUT2D eigenvalue weighted by atomic mass is 9.48. The number of carbonyl (C=O) groups is 1. The third kappa shape index (κ3) is 2.55. The number of nitrogens with zero attached hydrogens (tertiary/aromatic N) is 1. The second kappa shape index (κ2) is 6.99. The molecule has 0 radical (unpaired) electrons. The molecular weight excluding hydrogens is 450 g/mol. The lowest BCUT2D eigenvalue weighted by Gasteiger charge is -2.62. The number of hydrogen-bond acceptors (Lipinski definition) is 5. The molecule has 2 heterocycles. The van der Waals surface area contributed by atoms with E-state index in [0.29, 0.717) is 36.5 Å². The summed E-state index contributed by atoms with van der Waals surface area (Å²) in [5.41, 5.74) is 1.63. The molecule has 8 rings (SSSR count). The number of piperidine rings is 1. The molecular formula is C31H29NO4. The van der Waals surface area contributed by atoms with Crippen molar-refractivity contribution in [2.45, 2.75) is 55.3 Å². The molecule has 182 valence electrons. The van der Waals surface area contributed by atoms with Crippen LogP contribution in [-0.4, -0.2) is 51.7 Å². The number of aromatic hydroxyl groups is 1. The Morgan fingerprint density at radius 1 is 1.08 bits per heavy atom. The van der Waals surface area contributed by atoms with Gasteiger partial charge in [-0.3, -0.25) is 9.69 Å². The van der Waals surface area contributed by atoms with Gasteiger partial charge >= 0.3 is 0 Å². The van der Waals surface area contributed by atoms with Crippen LogP contribution in [0.1, 0.15) is 42.4 Å². The highest BCUT2D eigenvalue weighted by atomic mass is 16.5. The SMILES string of the molecule is O=C1/C(=C/c2cccc3ccccc23)C[C@@]2(O)C3Cc4ccc(O)c5c4C2(CCN3CC2CC2)C1O5. The second-order valence-electron chi connectivity index (χ2n) is 11.5. The highest BCUT2D eigenvalue weighted by Gasteiger charge is 2.74. The first-order valence-electron chi connectivity index (χ1n) is 13.2. The van der Waals surface area contributed by atoms with E-state index < -0.39 is 17.1 Å². The predicted molar refractivity (Wildman–Crippen MR) is 137 cm³/mol. The van der Waals surface area contributed by atoms with Crippen LogP contribution >= 0.6 is 0 Å². The van der Waals surface area contributed by atoms with E-state index in [0.717, 1.165) is 40.6 Å². The van der Waals surface area contributed by atoms with E-state index in [1.54, 1.807) is 6.07 Å². The van der Waals surface area contributed by atoms with Crippen molar-refractivity contribution in [2.24, 2.45) is 5.92 Å². The van der Waals surface area contributed by atoms with Gasteiger partial charge in [0.1, 0.15) is 0 Å². The number of phenols is 1. The summed E-state index contributed by atoms with van der Waals surface area (Å²) in [6, 6.07) is 17.9. The third-order valence-corrected chi connectivity index (χ3v) is 9.68. The molecule has 5 aliphatic rings. The average Bonchev–Trinajstić information content (AvgIpc) is 3.62. The van der Waals surface area contributed by atoms with Gasteiger partial charge in [0.25, 0.3) is 0 Å². The molecule has 3 aromatic carbocycles. The number of rotatable bonds is 3. The van der Waals surface area contributed by atoms with E-state index in [9.17, 15) is 15.0 Å². The average molecular weight is 480 g/mol. The summed E-state index contributed by atoms with van der Waals surface area (Å²) in [6.07, 6.45) is 5.35. The van der Waals surface area contributed by atoms with Crippen molar-refractivity contribution < 1.29 is 19.7 Å². The molecule has 1 saturated heterocycles. The summed E-state index contributed by atoms with van der Waals surface area (Å²) < 4.78 is 6.35. The van der Waals surface area contributed by atoms with E-state index in [2.05, 4.69) is 23.1 Å². The van der Waals surface area contributed by atoms with Crippen molar-refractivity contribution in [1.82, 2.24) is 4.90 Å². The molecule has 2 N–H and O–H groups in total. The van der Waals surface area contributed by atoms with E-state index in [1.165, 1.54) is 12.8 Å². The van der Waals surface area contributed by atoms with Crippen LogP contribution in [0.25, 0.3) is 16.8 Å². The monoisotopic (exact) mass is 479 g/mol. The molecule has 2 bridgehead atoms. The topological polar surface area (TPSA) is 70.0 Å². The number of aliphatic hydroxyl groups is 1. The zero-order chi connectivity index (χ0) is 24.2. The number of carbonyl (C=O) groups excluding carboxylic acids is 1. The first kappa shape index (κ1) is 21.0. The molecule has 3 unspecified atom stereocenters. The van der Waals surface area contributed by atoms with E-state index in [4.69, 9.17) is 4.74 Å². The number of benzene rings is 3. The van der Waals surface area contributed by atoms with Gasteiger partial charge in [-0.2, -0.15) is 0 Å². The van der Waals surface area contributed by atoms with Crippen LogP contribution in [0.4, 0.5) is 0 Å². The molecule has 36 heavy (non-hydrogen) atoms. The van der Waals surface area contributed by atoms with Gasteiger partial charge in [-0.25, -0.2) is 0 Å². The quantitative estimate of drug-likeness (QED) is 0.546. The molecule has 0 amide bonds. The second-order valence-corrected chi connectivity index (χ2v) is 11.5. The van der Waals surface area contributed by atoms with Gasteiger partial charge in [0.15, 0.2) is 23.4 Å². The van der Waals surface area contributed by atoms with Crippen molar-refractivity contribution >= 4 is 22.6 Å². The van der Waals surface area contributed by atoms with Crippen LogP contribution in [-0.2, 0) is 16.6 Å². The Balaban J connectivity index is 1.32. The molecule has 5 heteroatoms. The molecule has 0 aromatic heterocycles. The lowest BCUT2D eigenvalue weighted by molar-refractivity contribution is -0.179. The molecule has 4 atom stereocenters. The number of likely N-dealkylation sites (tertiary alicyclic amines) is 1. The third-order valence-electron chi connectivity index (χ3n) is 9.68. The Kier molecular flexibility index (Phi) is 4.07. The fourth-order valence-corrected chi connectivity index (χ4v) is 7.87. The van der Waals surface area contributed by atoms with Gasteiger partial charge in [0, 0.05) is 30.1 Å². The highest BCUT2D eigenvalue weighted by Crippen LogP contribution is 2.65. The van der Waals surface area contributed by atoms with Crippen LogP contribution in [0.2, 0.25) is 0 Å². The normalized spacial score (nSPS) is 33.6. The minimum Gasteiger partial charge on any atom is -0.504 e. The first-order valence-corrected chi connectivity index (χ1v) is 13.2. The lowest BCUT2D eigenvalue weighted by Crippen LogP contribution is -2.77. The Morgan fingerprint density at radius 3 is 2.78 bits per heavy atom. The van der Waals surface area contributed by atoms with Crippen molar-refractivity contribution in [1.29, 1.82) is 0 Å². The van der Waals surface area contributed by atoms with Crippen LogP contribution in [0.3, 0.4) is 0 Å². The number of hydrogen-bond donors (Lipinski definition) is 2. The predicted octanol–water partition coefficient (Wildman–Crippen LogP) is 4.37. The van der Waals surface area contributed by atoms with Gasteiger partial charge < -0.3 is 14.9 Å². The Morgan fingerprint density at radius 2 is 1.92 bits per heavy atom. The van der Waals surface area contributed by atoms with E-state index >= 15 is 0 Å². The van der Waals surface area contributed by atoms with Gasteiger partial charge in [-0.15, -0.1) is 0 Å². The van der Waals surface area contributed by atoms with E-state index in [1.807, 2.05) is 36.4 Å². The fraction of sp³-hybridized carbons (Fsp3) is 0.387. The molecule has 5 nitrogen and oxygen atoms in total. The number of phenolic OH excluding ortho intramolecular Hbond substituents is 1. The largest absolute Gasteiger partial charge is 0.504 e. The molecule has 3 aliphatic carbocycles. The van der Waals surface area contributed by atoms with Gasteiger partial charge in [-0.1, -0.05) is 48.5 Å². The standard InChI is InChI=1S/C31H29NO4/c33-24-11-10-21-15-25-31(35)16-22(14-20-6-3-5-19-4-1-2-7-23(19)20)27(34)29-30(31,26(21)28(24)36-29)12-13-32(25)17-18-8-9-18/h1-7,10-11,14,18,25,29,33,35H,8-9,12-13,15-17H2/b22-14+/t25?,29?,30?,31-/m1/s1. The van der Waals surface area contributed by atoms with Crippen LogP contribution < -0.4 is 4.74 Å². The first-order chi connectivity index (χ1) is 17.5. The maximum Gasteiger partial charge on any atom is 0.200 e. The van der Waals surface area contributed by atoms with Gasteiger partial charge in [0.2, 0.25) is 0 Å². The smallest absolute Gasteiger partial charge is 0.200 e. The Labute approximate surface area is 210 Å². The van der Waals surface area contributed by atoms with Crippen molar-refractivity contribution in [3.63, 3.8) is 0 Å². The summed E-state index contributed by atoms with van der Waals surface area (Å²) in [5.74, 6) is 1.12. The number of Topliss-reactive ketones (excluding diaryl/α,β-unsaturated/α-hetero) is 1. The number of ketones is 1. The summed E-state index contributed by atoms with van der Waals surface area (Å²) in [4.78, 5) is 16.6. The Hall–Kier alpha value is -3.15. The van der Waals surface area contributed by atoms with Crippen molar-refractivity contribution in [2.75, 3.05) is 13.1 Å². The van der Waals surface area contributed by atoms with Crippen LogP contribution in [0, 0.1) is 5.92 Å². The summed E-state index contributed by atoms with van der Waals surface area (Å²) in [6.45, 7) is 1.85.